The standard InChI is InChI=1S/C36H38Cl2N6O2S2/c1-47-35-28(11-3-6-22-13-15-32(46)42-22)40-19-29(43-35)26-9-4-7-24(33(26)37)25-8-5-10-27(34(25)38)30-20-41-31(36(44-30)48-2)18-39-17-21-12-14-23(45)16-21/h4-5,7-10,19-22,39H,3,6,11-18H2,1-2H3,(H,42,46)/t21-,22-/m1/s1. The highest BCUT2D eigenvalue weighted by Gasteiger charge is 2.23. The Kier molecular flexibility index (Phi) is 11.7. The molecule has 0 radical (unpaired) electrons. The Labute approximate surface area is 300 Å². The molecule has 2 N–H and O–H groups in total. The summed E-state index contributed by atoms with van der Waals surface area (Å²) in [7, 11) is 0. The molecule has 1 amide bonds. The van der Waals surface area contributed by atoms with Gasteiger partial charge in [0.2, 0.25) is 5.91 Å². The first-order valence-electron chi connectivity index (χ1n) is 16.2. The van der Waals surface area contributed by atoms with Gasteiger partial charge in [-0.3, -0.25) is 19.6 Å². The predicted octanol–water partition coefficient (Wildman–Crippen LogP) is 8.08. The Morgan fingerprint density at radius 2 is 1.44 bits per heavy atom. The fourth-order valence-electron chi connectivity index (χ4n) is 6.42. The van der Waals surface area contributed by atoms with Gasteiger partial charge in [0.05, 0.1) is 45.2 Å². The third-order valence-electron chi connectivity index (χ3n) is 8.97. The van der Waals surface area contributed by atoms with E-state index in [0.717, 1.165) is 82.3 Å². The van der Waals surface area contributed by atoms with Gasteiger partial charge < -0.3 is 10.6 Å². The number of hydrogen-bond acceptors (Lipinski definition) is 9. The maximum absolute atomic E-state index is 11.6. The number of benzene rings is 2. The van der Waals surface area contributed by atoms with E-state index in [1.807, 2.05) is 48.9 Å². The van der Waals surface area contributed by atoms with Crippen molar-refractivity contribution in [1.29, 1.82) is 0 Å². The maximum atomic E-state index is 11.6. The Balaban J connectivity index is 1.20. The van der Waals surface area contributed by atoms with Crippen molar-refractivity contribution in [3.05, 3.63) is 70.2 Å². The SMILES string of the molecule is CSc1nc(-c2cccc(-c3cccc(-c4cnc(CNC[C@@H]5CCC(=O)C5)c(SC)n4)c3Cl)c2Cl)cnc1CCC[C@@H]1CCC(=O)N1. The van der Waals surface area contributed by atoms with Crippen molar-refractivity contribution in [3.63, 3.8) is 0 Å². The van der Waals surface area contributed by atoms with Crippen LogP contribution in [-0.2, 0) is 22.6 Å². The normalized spacial score (nSPS) is 17.7. The summed E-state index contributed by atoms with van der Waals surface area (Å²) in [5.41, 5.74) is 6.35. The lowest BCUT2D eigenvalue weighted by atomic mass is 9.98. The van der Waals surface area contributed by atoms with E-state index in [1.165, 1.54) is 0 Å². The van der Waals surface area contributed by atoms with E-state index in [1.54, 1.807) is 35.9 Å². The highest BCUT2D eigenvalue weighted by atomic mass is 35.5. The number of nitrogens with one attached hydrogen (secondary N) is 2. The van der Waals surface area contributed by atoms with Crippen LogP contribution in [0.2, 0.25) is 10.0 Å². The number of carbonyl (C=O) groups excluding carboxylic acids is 2. The molecule has 2 fully saturated rings. The molecule has 0 unspecified atom stereocenters. The second-order valence-corrected chi connectivity index (χ2v) is 14.6. The zero-order chi connectivity index (χ0) is 33.6. The number of carbonyl (C=O) groups is 2. The average molecular weight is 722 g/mol. The van der Waals surface area contributed by atoms with Crippen molar-refractivity contribution in [2.75, 3.05) is 19.1 Å². The summed E-state index contributed by atoms with van der Waals surface area (Å²) in [6, 6.07) is 12.0. The fraction of sp³-hybridized carbons (Fsp3) is 0.389. The Bertz CT molecular complexity index is 1690. The molecule has 2 atom stereocenters. The maximum Gasteiger partial charge on any atom is 0.220 e. The zero-order valence-electron chi connectivity index (χ0n) is 27.0. The summed E-state index contributed by atoms with van der Waals surface area (Å²) in [5, 5.41) is 9.30. The average Bonchev–Trinajstić information content (AvgIpc) is 3.72. The number of Topliss-reactive ketones (excluding diaryl/α,β-unsaturated/α-hetero) is 1. The minimum atomic E-state index is 0.146. The molecule has 0 bridgehead atoms. The van der Waals surface area contributed by atoms with Crippen LogP contribution in [0.25, 0.3) is 33.6 Å². The number of ketones is 1. The number of thioether (sulfide) groups is 2. The number of aryl methyl sites for hydroxylation is 1. The van der Waals surface area contributed by atoms with Crippen molar-refractivity contribution in [2.24, 2.45) is 5.92 Å². The Hall–Kier alpha value is -3.02. The number of nitrogens with zero attached hydrogens (tertiary/aromatic N) is 4. The van der Waals surface area contributed by atoms with Gasteiger partial charge in [0.15, 0.2) is 0 Å². The van der Waals surface area contributed by atoms with Gasteiger partial charge in [0.1, 0.15) is 15.8 Å². The second kappa shape index (κ2) is 16.1. The van der Waals surface area contributed by atoms with Crippen LogP contribution in [0.1, 0.15) is 56.3 Å². The Morgan fingerprint density at radius 1 is 0.833 bits per heavy atom. The molecule has 2 aliphatic rings. The molecular formula is C36H38Cl2N6O2S2. The lowest BCUT2D eigenvalue weighted by Gasteiger charge is -2.15. The summed E-state index contributed by atoms with van der Waals surface area (Å²) in [6.45, 7) is 1.39. The molecule has 2 aromatic heterocycles. The number of rotatable bonds is 13. The minimum Gasteiger partial charge on any atom is -0.353 e. The molecule has 250 valence electrons. The molecule has 6 rings (SSSR count). The van der Waals surface area contributed by atoms with Crippen LogP contribution >= 0.6 is 46.7 Å². The van der Waals surface area contributed by atoms with Crippen molar-refractivity contribution >= 4 is 58.4 Å². The summed E-state index contributed by atoms with van der Waals surface area (Å²) in [4.78, 5) is 42.6. The molecule has 1 aliphatic heterocycles. The van der Waals surface area contributed by atoms with E-state index in [0.29, 0.717) is 58.9 Å². The largest absolute Gasteiger partial charge is 0.353 e. The first kappa shape index (κ1) is 34.8. The van der Waals surface area contributed by atoms with Gasteiger partial charge in [-0.05, 0) is 57.1 Å². The van der Waals surface area contributed by atoms with Crippen LogP contribution < -0.4 is 10.6 Å². The van der Waals surface area contributed by atoms with E-state index < -0.39 is 0 Å². The Morgan fingerprint density at radius 3 is 2.00 bits per heavy atom. The highest BCUT2D eigenvalue weighted by molar-refractivity contribution is 7.98. The topological polar surface area (TPSA) is 110 Å². The molecule has 8 nitrogen and oxygen atoms in total. The number of amides is 1. The zero-order valence-corrected chi connectivity index (χ0v) is 30.2. The summed E-state index contributed by atoms with van der Waals surface area (Å²) < 4.78 is 0. The van der Waals surface area contributed by atoms with Gasteiger partial charge in [-0.15, -0.1) is 23.5 Å². The van der Waals surface area contributed by atoms with Crippen LogP contribution in [0.3, 0.4) is 0 Å². The third kappa shape index (κ3) is 8.05. The summed E-state index contributed by atoms with van der Waals surface area (Å²) in [5.74, 6) is 0.903. The molecule has 1 saturated carbocycles. The van der Waals surface area contributed by atoms with Gasteiger partial charge in [-0.1, -0.05) is 59.6 Å². The fourth-order valence-corrected chi connectivity index (χ4v) is 8.20. The van der Waals surface area contributed by atoms with Crippen LogP contribution in [-0.4, -0.2) is 56.7 Å². The monoisotopic (exact) mass is 720 g/mol. The molecular weight excluding hydrogens is 683 g/mol. The van der Waals surface area contributed by atoms with Gasteiger partial charge in [-0.25, -0.2) is 9.97 Å². The van der Waals surface area contributed by atoms with Crippen molar-refractivity contribution in [2.45, 2.75) is 74.0 Å². The van der Waals surface area contributed by atoms with Gasteiger partial charge in [0, 0.05) is 54.1 Å². The van der Waals surface area contributed by atoms with Crippen molar-refractivity contribution in [1.82, 2.24) is 30.6 Å². The minimum absolute atomic E-state index is 0.146. The smallest absolute Gasteiger partial charge is 0.220 e. The summed E-state index contributed by atoms with van der Waals surface area (Å²) in [6.07, 6.45) is 14.1. The number of aromatic nitrogens is 4. The van der Waals surface area contributed by atoms with Gasteiger partial charge in [-0.2, -0.15) is 0 Å². The molecule has 3 heterocycles. The van der Waals surface area contributed by atoms with E-state index in [9.17, 15) is 9.59 Å². The van der Waals surface area contributed by atoms with Crippen LogP contribution in [0.15, 0.2) is 58.8 Å². The third-order valence-corrected chi connectivity index (χ3v) is 11.2. The van der Waals surface area contributed by atoms with E-state index >= 15 is 0 Å². The molecule has 12 heteroatoms. The summed E-state index contributed by atoms with van der Waals surface area (Å²) >= 11 is 17.3. The second-order valence-electron chi connectivity index (χ2n) is 12.2. The predicted molar refractivity (Wildman–Crippen MR) is 196 cm³/mol. The van der Waals surface area contributed by atoms with Crippen molar-refractivity contribution < 1.29 is 9.59 Å². The molecule has 0 spiro atoms. The van der Waals surface area contributed by atoms with Crippen LogP contribution in [0.5, 0.6) is 0 Å². The molecule has 48 heavy (non-hydrogen) atoms. The molecule has 1 aliphatic carbocycles. The van der Waals surface area contributed by atoms with E-state index in [4.69, 9.17) is 43.1 Å². The first-order chi connectivity index (χ1) is 23.3. The molecule has 4 aromatic rings. The van der Waals surface area contributed by atoms with E-state index in [2.05, 4.69) is 10.6 Å². The highest BCUT2D eigenvalue weighted by Crippen LogP contribution is 2.42. The van der Waals surface area contributed by atoms with Gasteiger partial charge >= 0.3 is 0 Å². The first-order valence-corrected chi connectivity index (χ1v) is 19.4. The van der Waals surface area contributed by atoms with E-state index in [-0.39, 0.29) is 11.9 Å². The molecule has 1 saturated heterocycles. The van der Waals surface area contributed by atoms with Gasteiger partial charge in [0.25, 0.3) is 0 Å². The lowest BCUT2D eigenvalue weighted by molar-refractivity contribution is -0.119. The van der Waals surface area contributed by atoms with Crippen LogP contribution in [0, 0.1) is 5.92 Å². The lowest BCUT2D eigenvalue weighted by Crippen LogP contribution is -2.25. The van der Waals surface area contributed by atoms with Crippen molar-refractivity contribution in [3.8, 4) is 33.6 Å². The number of halogens is 2. The number of hydrogen-bond donors (Lipinski definition) is 2. The molecule has 2 aromatic carbocycles. The quantitative estimate of drug-likeness (QED) is 0.133. The van der Waals surface area contributed by atoms with Crippen LogP contribution in [0.4, 0.5) is 0 Å².